The highest BCUT2D eigenvalue weighted by molar-refractivity contribution is 7.89. The Bertz CT molecular complexity index is 391. The van der Waals surface area contributed by atoms with Crippen LogP contribution in [0.1, 0.15) is 25.7 Å². The lowest BCUT2D eigenvalue weighted by Crippen LogP contribution is -2.63. The van der Waals surface area contributed by atoms with Gasteiger partial charge in [-0.05, 0) is 32.7 Å². The summed E-state index contributed by atoms with van der Waals surface area (Å²) in [6.45, 7) is 2.26. The number of likely N-dealkylation sites (N-methyl/N-ethyl adjacent to an activating group) is 1. The fourth-order valence-corrected chi connectivity index (χ4v) is 4.86. The first-order valence-electron chi connectivity index (χ1n) is 6.42. The quantitative estimate of drug-likeness (QED) is 0.732. The number of fused-ring (bicyclic) bond motifs is 2. The number of nitrogens with two attached hydrogens (primary N) is 1. The Morgan fingerprint density at radius 2 is 1.59 bits per heavy atom. The molecule has 0 aliphatic carbocycles. The van der Waals surface area contributed by atoms with Gasteiger partial charge in [-0.15, -0.1) is 0 Å². The van der Waals surface area contributed by atoms with Crippen molar-refractivity contribution in [3.05, 3.63) is 0 Å². The lowest BCUT2D eigenvalue weighted by atomic mass is 9.97. The summed E-state index contributed by atoms with van der Waals surface area (Å²) in [7, 11) is -1.20. The Kier molecular flexibility index (Phi) is 2.74. The summed E-state index contributed by atoms with van der Waals surface area (Å²) in [5.74, 6) is 0. The van der Waals surface area contributed by atoms with Crippen molar-refractivity contribution < 1.29 is 8.42 Å². The second-order valence-electron chi connectivity index (χ2n) is 5.89. The predicted molar refractivity (Wildman–Crippen MR) is 66.1 cm³/mol. The molecule has 3 aliphatic rings. The highest BCUT2D eigenvalue weighted by Crippen LogP contribution is 2.40. The van der Waals surface area contributed by atoms with E-state index < -0.39 is 10.0 Å². The second-order valence-corrected chi connectivity index (χ2v) is 7.73. The number of rotatable bonds is 2. The molecular weight excluding hydrogens is 238 g/mol. The van der Waals surface area contributed by atoms with E-state index >= 15 is 0 Å². The van der Waals surface area contributed by atoms with Gasteiger partial charge in [0.05, 0.1) is 5.25 Å². The molecule has 0 aromatic carbocycles. The van der Waals surface area contributed by atoms with Crippen LogP contribution >= 0.6 is 0 Å². The Morgan fingerprint density at radius 3 is 2.00 bits per heavy atom. The summed E-state index contributed by atoms with van der Waals surface area (Å²) >= 11 is 0. The van der Waals surface area contributed by atoms with Crippen molar-refractivity contribution in [2.24, 2.45) is 5.14 Å². The third-order valence-corrected chi connectivity index (χ3v) is 5.99. The molecule has 0 aromatic heterocycles. The van der Waals surface area contributed by atoms with E-state index in [4.69, 9.17) is 5.14 Å². The minimum Gasteiger partial charge on any atom is -0.303 e. The molecule has 3 fully saturated rings. The zero-order valence-electron chi connectivity index (χ0n) is 10.2. The largest absolute Gasteiger partial charge is 0.303 e. The molecule has 5 nitrogen and oxygen atoms in total. The van der Waals surface area contributed by atoms with E-state index in [1.54, 1.807) is 0 Å². The molecule has 17 heavy (non-hydrogen) atoms. The maximum absolute atomic E-state index is 11.5. The fraction of sp³-hybridized carbons (Fsp3) is 1.00. The molecule has 2 atom stereocenters. The molecular formula is C11H21N3O2S. The molecule has 2 bridgehead atoms. The molecule has 6 heteroatoms. The van der Waals surface area contributed by atoms with Crippen molar-refractivity contribution in [3.63, 3.8) is 0 Å². The van der Waals surface area contributed by atoms with E-state index in [0.29, 0.717) is 18.1 Å². The van der Waals surface area contributed by atoms with E-state index in [9.17, 15) is 8.42 Å². The molecule has 3 saturated heterocycles. The first-order valence-corrected chi connectivity index (χ1v) is 8.03. The van der Waals surface area contributed by atoms with Crippen LogP contribution in [-0.2, 0) is 10.0 Å². The minimum absolute atomic E-state index is 0.297. The van der Waals surface area contributed by atoms with Crippen molar-refractivity contribution in [2.45, 2.75) is 49.1 Å². The Hall–Kier alpha value is -0.170. The van der Waals surface area contributed by atoms with Gasteiger partial charge in [0.2, 0.25) is 10.0 Å². The summed E-state index contributed by atoms with van der Waals surface area (Å²) in [6, 6.07) is 1.56. The van der Waals surface area contributed by atoms with Crippen LogP contribution in [0.2, 0.25) is 0 Å². The second kappa shape index (κ2) is 3.91. The molecule has 3 rings (SSSR count). The lowest BCUT2D eigenvalue weighted by molar-refractivity contribution is 0.000565. The maximum Gasteiger partial charge on any atom is 0.212 e. The van der Waals surface area contributed by atoms with Gasteiger partial charge in [-0.1, -0.05) is 0 Å². The van der Waals surface area contributed by atoms with Gasteiger partial charge >= 0.3 is 0 Å². The molecule has 0 aromatic rings. The normalized spacial score (nSPS) is 40.5. The summed E-state index contributed by atoms with van der Waals surface area (Å²) in [5, 5.41) is 5.00. The highest BCUT2D eigenvalue weighted by atomic mass is 32.2. The molecule has 0 radical (unpaired) electrons. The lowest BCUT2D eigenvalue weighted by Gasteiger charge is -2.49. The smallest absolute Gasteiger partial charge is 0.212 e. The van der Waals surface area contributed by atoms with Crippen molar-refractivity contribution >= 4 is 10.0 Å². The third-order valence-electron chi connectivity index (χ3n) is 4.68. The predicted octanol–water partition coefficient (Wildman–Crippen LogP) is -0.416. The van der Waals surface area contributed by atoms with Gasteiger partial charge in [-0.25, -0.2) is 13.6 Å². The van der Waals surface area contributed by atoms with E-state index in [1.165, 1.54) is 0 Å². The summed E-state index contributed by atoms with van der Waals surface area (Å²) in [6.07, 6.45) is 3.79. The maximum atomic E-state index is 11.5. The average molecular weight is 259 g/mol. The summed E-state index contributed by atoms with van der Waals surface area (Å²) in [4.78, 5) is 4.90. The van der Waals surface area contributed by atoms with Crippen LogP contribution in [0.25, 0.3) is 0 Å². The van der Waals surface area contributed by atoms with Crippen molar-refractivity contribution in [1.29, 1.82) is 0 Å². The monoisotopic (exact) mass is 259 g/mol. The number of hydrogen-bond donors (Lipinski definition) is 1. The molecule has 0 amide bonds. The van der Waals surface area contributed by atoms with Gasteiger partial charge in [0, 0.05) is 31.2 Å². The molecule has 3 heterocycles. The van der Waals surface area contributed by atoms with Crippen molar-refractivity contribution in [3.8, 4) is 0 Å². The molecule has 0 saturated carbocycles. The third kappa shape index (κ3) is 2.01. The number of piperidine rings is 1. The van der Waals surface area contributed by atoms with Crippen LogP contribution in [0, 0.1) is 0 Å². The average Bonchev–Trinajstić information content (AvgIpc) is 2.44. The van der Waals surface area contributed by atoms with Gasteiger partial charge in [0.1, 0.15) is 0 Å². The van der Waals surface area contributed by atoms with Crippen LogP contribution in [-0.4, -0.2) is 61.7 Å². The SMILES string of the molecule is CN1CC(N2[C@H]3CC[C@H]2CC(S(N)(=O)=O)C3)C1. The van der Waals surface area contributed by atoms with Crippen LogP contribution in [0.5, 0.6) is 0 Å². The van der Waals surface area contributed by atoms with Crippen LogP contribution in [0.3, 0.4) is 0 Å². The van der Waals surface area contributed by atoms with Gasteiger partial charge < -0.3 is 4.90 Å². The van der Waals surface area contributed by atoms with Crippen molar-refractivity contribution in [2.75, 3.05) is 20.1 Å². The summed E-state index contributed by atoms with van der Waals surface area (Å²) in [5.41, 5.74) is 0. The first kappa shape index (κ1) is 11.9. The topological polar surface area (TPSA) is 66.6 Å². The molecule has 98 valence electrons. The Morgan fingerprint density at radius 1 is 1.06 bits per heavy atom. The highest BCUT2D eigenvalue weighted by Gasteiger charge is 2.48. The molecule has 3 aliphatic heterocycles. The van der Waals surface area contributed by atoms with Crippen LogP contribution < -0.4 is 5.14 Å². The number of likely N-dealkylation sites (tertiary alicyclic amines) is 1. The zero-order chi connectivity index (χ0) is 12.2. The zero-order valence-corrected chi connectivity index (χ0v) is 11.1. The summed E-state index contributed by atoms with van der Waals surface area (Å²) < 4.78 is 22.9. The van der Waals surface area contributed by atoms with Gasteiger partial charge in [0.15, 0.2) is 0 Å². The van der Waals surface area contributed by atoms with E-state index in [-0.39, 0.29) is 5.25 Å². The standard InChI is InChI=1S/C11H21N3O2S/c1-13-6-10(7-13)14-8-2-3-9(14)5-11(4-8)17(12,15)16/h8-11H,2-7H2,1H3,(H2,12,15,16)/t8-,9-/m0/s1. The van der Waals surface area contributed by atoms with E-state index in [0.717, 1.165) is 38.8 Å². The van der Waals surface area contributed by atoms with Crippen LogP contribution in [0.15, 0.2) is 0 Å². The number of nitrogens with zero attached hydrogens (tertiary/aromatic N) is 2. The van der Waals surface area contributed by atoms with Gasteiger partial charge in [-0.2, -0.15) is 0 Å². The van der Waals surface area contributed by atoms with Crippen molar-refractivity contribution in [1.82, 2.24) is 9.80 Å². The van der Waals surface area contributed by atoms with Gasteiger partial charge in [0.25, 0.3) is 0 Å². The molecule has 2 N–H and O–H groups in total. The number of primary sulfonamides is 1. The number of hydrogen-bond acceptors (Lipinski definition) is 4. The van der Waals surface area contributed by atoms with E-state index in [2.05, 4.69) is 16.8 Å². The first-order chi connectivity index (χ1) is 7.95. The molecule has 0 unspecified atom stereocenters. The minimum atomic E-state index is -3.34. The van der Waals surface area contributed by atoms with Crippen LogP contribution in [0.4, 0.5) is 0 Å². The molecule has 0 spiro atoms. The number of sulfonamides is 1. The Labute approximate surface area is 103 Å². The Balaban J connectivity index is 1.72. The fourth-order valence-electron chi connectivity index (χ4n) is 3.88. The van der Waals surface area contributed by atoms with E-state index in [1.807, 2.05) is 0 Å². The van der Waals surface area contributed by atoms with Gasteiger partial charge in [-0.3, -0.25) is 4.90 Å².